The molecule has 0 unspecified atom stereocenters. The number of phenols is 1. The summed E-state index contributed by atoms with van der Waals surface area (Å²) in [7, 11) is 0. The molecule has 0 fully saturated rings. The maximum Gasteiger partial charge on any atom is 0.573 e. The standard InChI is InChI=1S/C15H9ClF3N3O3S/c16-9-5-7(23)1-3-10(9)20-13(24)22-14-21-11-4-2-8(6-12(11)26-14)25-15(17,18)19/h1-6,23H,(H2,20,21,22,24). The summed E-state index contributed by atoms with van der Waals surface area (Å²) in [6.45, 7) is 0. The number of hydrogen-bond acceptors (Lipinski definition) is 5. The molecule has 0 aliphatic carbocycles. The van der Waals surface area contributed by atoms with Crippen LogP contribution < -0.4 is 15.4 Å². The number of ether oxygens (including phenoxy) is 1. The van der Waals surface area contributed by atoms with Gasteiger partial charge in [0.25, 0.3) is 0 Å². The van der Waals surface area contributed by atoms with E-state index in [2.05, 4.69) is 20.4 Å². The molecule has 0 aliphatic rings. The number of benzene rings is 2. The Morgan fingerprint density at radius 1 is 1.19 bits per heavy atom. The van der Waals surface area contributed by atoms with E-state index in [-0.39, 0.29) is 27.3 Å². The third kappa shape index (κ3) is 4.46. The summed E-state index contributed by atoms with van der Waals surface area (Å²) in [5.74, 6) is -0.426. The van der Waals surface area contributed by atoms with Crippen LogP contribution in [0.5, 0.6) is 11.5 Å². The van der Waals surface area contributed by atoms with E-state index in [1.807, 2.05) is 0 Å². The molecular formula is C15H9ClF3N3O3S. The van der Waals surface area contributed by atoms with E-state index >= 15 is 0 Å². The van der Waals surface area contributed by atoms with E-state index in [9.17, 15) is 23.1 Å². The molecule has 2 amide bonds. The molecular weight excluding hydrogens is 395 g/mol. The highest BCUT2D eigenvalue weighted by atomic mass is 35.5. The molecule has 26 heavy (non-hydrogen) atoms. The Morgan fingerprint density at radius 2 is 1.96 bits per heavy atom. The summed E-state index contributed by atoms with van der Waals surface area (Å²) in [6.07, 6.45) is -4.79. The minimum absolute atomic E-state index is 0.0518. The molecule has 11 heteroatoms. The van der Waals surface area contributed by atoms with Crippen LogP contribution in [0.25, 0.3) is 10.2 Å². The number of carbonyl (C=O) groups is 1. The molecule has 3 N–H and O–H groups in total. The number of hydrogen-bond donors (Lipinski definition) is 3. The van der Waals surface area contributed by atoms with Gasteiger partial charge in [0, 0.05) is 12.1 Å². The van der Waals surface area contributed by atoms with Crippen LogP contribution >= 0.6 is 22.9 Å². The van der Waals surface area contributed by atoms with E-state index in [0.717, 1.165) is 17.4 Å². The fraction of sp³-hybridized carbons (Fsp3) is 0.0667. The Balaban J connectivity index is 1.73. The van der Waals surface area contributed by atoms with Gasteiger partial charge in [0.15, 0.2) is 5.13 Å². The minimum atomic E-state index is -4.79. The Labute approximate surface area is 153 Å². The second-order valence-corrected chi connectivity index (χ2v) is 6.38. The zero-order valence-electron chi connectivity index (χ0n) is 12.6. The molecule has 0 aliphatic heterocycles. The van der Waals surface area contributed by atoms with Crippen LogP contribution in [0.2, 0.25) is 5.02 Å². The lowest BCUT2D eigenvalue weighted by Crippen LogP contribution is -2.19. The van der Waals surface area contributed by atoms with Gasteiger partial charge in [-0.3, -0.25) is 5.32 Å². The molecule has 1 heterocycles. The van der Waals surface area contributed by atoms with Crippen LogP contribution in [0, 0.1) is 0 Å². The fourth-order valence-corrected chi connectivity index (χ4v) is 3.12. The number of urea groups is 1. The molecule has 0 saturated heterocycles. The van der Waals surface area contributed by atoms with Gasteiger partial charge in [-0.2, -0.15) is 0 Å². The highest BCUT2D eigenvalue weighted by Gasteiger charge is 2.31. The molecule has 136 valence electrons. The molecule has 0 spiro atoms. The van der Waals surface area contributed by atoms with Crippen molar-refractivity contribution in [2.24, 2.45) is 0 Å². The van der Waals surface area contributed by atoms with Crippen molar-refractivity contribution in [3.05, 3.63) is 41.4 Å². The number of amides is 2. The van der Waals surface area contributed by atoms with Gasteiger partial charge in [-0.1, -0.05) is 22.9 Å². The first kappa shape index (κ1) is 18.1. The van der Waals surface area contributed by atoms with E-state index in [0.29, 0.717) is 10.2 Å². The number of fused-ring (bicyclic) bond motifs is 1. The summed E-state index contributed by atoms with van der Waals surface area (Å²) < 4.78 is 41.0. The van der Waals surface area contributed by atoms with Gasteiger partial charge in [0.2, 0.25) is 0 Å². The summed E-state index contributed by atoms with van der Waals surface area (Å²) >= 11 is 6.87. The number of thiazole rings is 1. The number of rotatable bonds is 3. The van der Waals surface area contributed by atoms with E-state index in [4.69, 9.17) is 11.6 Å². The van der Waals surface area contributed by atoms with Gasteiger partial charge in [-0.25, -0.2) is 9.78 Å². The maximum atomic E-state index is 12.3. The van der Waals surface area contributed by atoms with Crippen LogP contribution in [-0.4, -0.2) is 22.5 Å². The van der Waals surface area contributed by atoms with Crippen molar-refractivity contribution in [2.45, 2.75) is 6.36 Å². The number of aromatic hydroxyl groups is 1. The van der Waals surface area contributed by atoms with Crippen molar-refractivity contribution in [3.63, 3.8) is 0 Å². The van der Waals surface area contributed by atoms with Gasteiger partial charge in [0.05, 0.1) is 20.9 Å². The molecule has 0 radical (unpaired) electrons. The van der Waals surface area contributed by atoms with Crippen molar-refractivity contribution >= 4 is 50.0 Å². The second kappa shape index (κ2) is 6.89. The molecule has 0 atom stereocenters. The zero-order chi connectivity index (χ0) is 18.9. The number of phenolic OH excluding ortho intramolecular Hbond substituents is 1. The van der Waals surface area contributed by atoms with Crippen molar-refractivity contribution in [1.82, 2.24) is 4.98 Å². The average Bonchev–Trinajstić information content (AvgIpc) is 2.89. The monoisotopic (exact) mass is 403 g/mol. The number of nitrogens with zero attached hydrogens (tertiary/aromatic N) is 1. The third-order valence-corrected chi connectivity index (χ3v) is 4.26. The molecule has 6 nitrogen and oxygen atoms in total. The predicted molar refractivity (Wildman–Crippen MR) is 92.1 cm³/mol. The molecule has 3 aromatic rings. The highest BCUT2D eigenvalue weighted by molar-refractivity contribution is 7.22. The van der Waals surface area contributed by atoms with E-state index in [1.165, 1.54) is 30.3 Å². The van der Waals surface area contributed by atoms with Crippen molar-refractivity contribution in [1.29, 1.82) is 0 Å². The first-order valence-electron chi connectivity index (χ1n) is 6.92. The van der Waals surface area contributed by atoms with E-state index < -0.39 is 12.4 Å². The van der Waals surface area contributed by atoms with Gasteiger partial charge in [0.1, 0.15) is 11.5 Å². The van der Waals surface area contributed by atoms with Crippen LogP contribution in [0.1, 0.15) is 0 Å². The number of carbonyl (C=O) groups excluding carboxylic acids is 1. The summed E-state index contributed by atoms with van der Waals surface area (Å²) in [4.78, 5) is 16.1. The van der Waals surface area contributed by atoms with Crippen molar-refractivity contribution in [3.8, 4) is 11.5 Å². The van der Waals surface area contributed by atoms with Crippen molar-refractivity contribution < 1.29 is 27.8 Å². The van der Waals surface area contributed by atoms with Gasteiger partial charge < -0.3 is 15.2 Å². The lowest BCUT2D eigenvalue weighted by molar-refractivity contribution is -0.274. The lowest BCUT2D eigenvalue weighted by Gasteiger charge is -2.07. The third-order valence-electron chi connectivity index (χ3n) is 3.01. The normalized spacial score (nSPS) is 11.4. The number of aromatic nitrogens is 1. The molecule has 0 saturated carbocycles. The zero-order valence-corrected chi connectivity index (χ0v) is 14.2. The molecule has 1 aromatic heterocycles. The average molecular weight is 404 g/mol. The van der Waals surface area contributed by atoms with Gasteiger partial charge >= 0.3 is 12.4 Å². The molecule has 2 aromatic carbocycles. The Kier molecular flexibility index (Phi) is 4.79. The first-order valence-corrected chi connectivity index (χ1v) is 8.12. The van der Waals surface area contributed by atoms with Crippen LogP contribution in [0.3, 0.4) is 0 Å². The number of anilines is 2. The van der Waals surface area contributed by atoms with Crippen LogP contribution in [-0.2, 0) is 0 Å². The van der Waals surface area contributed by atoms with E-state index in [1.54, 1.807) is 0 Å². The quantitative estimate of drug-likeness (QED) is 0.525. The molecule has 0 bridgehead atoms. The minimum Gasteiger partial charge on any atom is -0.508 e. The SMILES string of the molecule is O=C(Nc1nc2ccc(OC(F)(F)F)cc2s1)Nc1ccc(O)cc1Cl. The topological polar surface area (TPSA) is 83.5 Å². The van der Waals surface area contributed by atoms with Crippen molar-refractivity contribution in [2.75, 3.05) is 10.6 Å². The van der Waals surface area contributed by atoms with Gasteiger partial charge in [-0.15, -0.1) is 13.2 Å². The summed E-state index contributed by atoms with van der Waals surface area (Å²) in [5, 5.41) is 14.5. The number of alkyl halides is 3. The Morgan fingerprint density at radius 3 is 2.65 bits per heavy atom. The Hall–Kier alpha value is -2.72. The number of halogens is 4. The summed E-state index contributed by atoms with van der Waals surface area (Å²) in [6, 6.07) is 7.04. The highest BCUT2D eigenvalue weighted by Crippen LogP contribution is 2.32. The largest absolute Gasteiger partial charge is 0.573 e. The smallest absolute Gasteiger partial charge is 0.508 e. The summed E-state index contributed by atoms with van der Waals surface area (Å²) in [5.41, 5.74) is 0.673. The first-order chi connectivity index (χ1) is 12.2. The second-order valence-electron chi connectivity index (χ2n) is 4.94. The fourth-order valence-electron chi connectivity index (χ4n) is 2.01. The lowest BCUT2D eigenvalue weighted by atomic mass is 10.3. The maximum absolute atomic E-state index is 12.3. The van der Waals surface area contributed by atoms with Crippen LogP contribution in [0.4, 0.5) is 28.8 Å². The van der Waals surface area contributed by atoms with Gasteiger partial charge in [-0.05, 0) is 24.3 Å². The number of nitrogens with one attached hydrogen (secondary N) is 2. The molecule has 3 rings (SSSR count). The predicted octanol–water partition coefficient (Wildman–Crippen LogP) is 5.20. The Bertz CT molecular complexity index is 978. The van der Waals surface area contributed by atoms with Crippen LogP contribution in [0.15, 0.2) is 36.4 Å².